The molecular formula is C21H34O4. The Morgan fingerprint density at radius 1 is 0.920 bits per heavy atom. The smallest absolute Gasteiger partial charge is 0.0996 e. The normalized spacial score (nSPS) is 66.4. The summed E-state index contributed by atoms with van der Waals surface area (Å²) in [6, 6.07) is 0. The van der Waals surface area contributed by atoms with Crippen LogP contribution in [0.5, 0.6) is 0 Å². The molecule has 5 saturated carbocycles. The van der Waals surface area contributed by atoms with Crippen molar-refractivity contribution in [2.75, 3.05) is 0 Å². The summed E-state index contributed by atoms with van der Waals surface area (Å²) in [5, 5.41) is 45.4. The molecule has 4 N–H and O–H groups in total. The zero-order valence-corrected chi connectivity index (χ0v) is 15.8. The molecule has 0 aromatic carbocycles. The molecule has 0 amide bonds. The van der Waals surface area contributed by atoms with Gasteiger partial charge in [0.25, 0.3) is 0 Å². The minimum atomic E-state index is -1.24. The summed E-state index contributed by atoms with van der Waals surface area (Å²) in [5.41, 5.74) is -2.99. The Hall–Kier alpha value is -0.160. The number of aliphatic hydroxyl groups is 4. The van der Waals surface area contributed by atoms with Gasteiger partial charge in [0.1, 0.15) is 0 Å². The second kappa shape index (κ2) is 4.45. The van der Waals surface area contributed by atoms with Gasteiger partial charge in [-0.1, -0.05) is 13.8 Å². The predicted octanol–water partition coefficient (Wildman–Crippen LogP) is 2.23. The fourth-order valence-electron chi connectivity index (χ4n) is 9.16. The highest BCUT2D eigenvalue weighted by Gasteiger charge is 2.83. The molecule has 0 radical (unpaired) electrons. The molecule has 5 aliphatic carbocycles. The summed E-state index contributed by atoms with van der Waals surface area (Å²) in [7, 11) is 0. The van der Waals surface area contributed by atoms with Crippen LogP contribution in [0.3, 0.4) is 0 Å². The quantitative estimate of drug-likeness (QED) is 0.585. The number of aliphatic hydroxyl groups excluding tert-OH is 2. The van der Waals surface area contributed by atoms with Gasteiger partial charge in [-0.15, -0.1) is 0 Å². The zero-order chi connectivity index (χ0) is 18.0. The summed E-state index contributed by atoms with van der Waals surface area (Å²) in [5.74, 6) is 0.691. The standard InChI is InChI=1S/C21H34O4/c1-12(22)14-5-9-21(25)17(14,2)8-6-15-18(3)7-4-13-10-19(13,18)16(23)11-20(15,21)24/h12-16,22-25H,4-11H2,1-3H3. The van der Waals surface area contributed by atoms with Gasteiger partial charge in [0.15, 0.2) is 0 Å². The van der Waals surface area contributed by atoms with Crippen molar-refractivity contribution < 1.29 is 20.4 Å². The van der Waals surface area contributed by atoms with E-state index in [1.807, 2.05) is 6.92 Å². The topological polar surface area (TPSA) is 80.9 Å². The van der Waals surface area contributed by atoms with Crippen LogP contribution >= 0.6 is 0 Å². The zero-order valence-electron chi connectivity index (χ0n) is 15.8. The molecule has 4 nitrogen and oxygen atoms in total. The van der Waals surface area contributed by atoms with E-state index in [2.05, 4.69) is 13.8 Å². The first-order valence-electron chi connectivity index (χ1n) is 10.4. The summed E-state index contributed by atoms with van der Waals surface area (Å²) in [6.45, 7) is 6.17. The number of rotatable bonds is 1. The summed E-state index contributed by atoms with van der Waals surface area (Å²) in [4.78, 5) is 0. The van der Waals surface area contributed by atoms with E-state index in [4.69, 9.17) is 0 Å². The first-order chi connectivity index (χ1) is 11.6. The number of hydrogen-bond acceptors (Lipinski definition) is 4. The van der Waals surface area contributed by atoms with Crippen LogP contribution in [0.15, 0.2) is 0 Å². The second-order valence-electron chi connectivity index (χ2n) is 10.8. The Labute approximate surface area is 150 Å². The SMILES string of the molecule is CC(O)C1CCC2(O)C1(C)CCC1C3(C)CCC4CC43C(O)CC12O. The van der Waals surface area contributed by atoms with E-state index in [1.165, 1.54) is 0 Å². The van der Waals surface area contributed by atoms with Gasteiger partial charge in [0.2, 0.25) is 0 Å². The fourth-order valence-corrected chi connectivity index (χ4v) is 9.16. The third kappa shape index (κ3) is 1.51. The highest BCUT2D eigenvalue weighted by Crippen LogP contribution is 2.82. The summed E-state index contributed by atoms with van der Waals surface area (Å²) < 4.78 is 0. The number of fused-ring (bicyclic) bond motifs is 4. The highest BCUT2D eigenvalue weighted by molar-refractivity contribution is 5.32. The maximum atomic E-state index is 12.0. The molecule has 10 unspecified atom stereocenters. The van der Waals surface area contributed by atoms with Gasteiger partial charge in [-0.05, 0) is 75.0 Å². The second-order valence-corrected chi connectivity index (χ2v) is 10.8. The minimum absolute atomic E-state index is 0.00370. The molecule has 0 heterocycles. The monoisotopic (exact) mass is 350 g/mol. The predicted molar refractivity (Wildman–Crippen MR) is 93.6 cm³/mol. The maximum absolute atomic E-state index is 12.0. The van der Waals surface area contributed by atoms with Crippen molar-refractivity contribution in [2.24, 2.45) is 34.0 Å². The van der Waals surface area contributed by atoms with E-state index in [0.29, 0.717) is 18.8 Å². The average Bonchev–Trinajstić information content (AvgIpc) is 3.10. The lowest BCUT2D eigenvalue weighted by Crippen LogP contribution is -2.74. The fraction of sp³-hybridized carbons (Fsp3) is 1.00. The van der Waals surface area contributed by atoms with Crippen LogP contribution in [0.4, 0.5) is 0 Å². The van der Waals surface area contributed by atoms with Gasteiger partial charge in [-0.3, -0.25) is 0 Å². The lowest BCUT2D eigenvalue weighted by Gasteiger charge is -2.67. The first kappa shape index (κ1) is 17.0. The molecule has 0 bridgehead atoms. The van der Waals surface area contributed by atoms with E-state index in [1.54, 1.807) is 0 Å². The van der Waals surface area contributed by atoms with Crippen molar-refractivity contribution in [3.8, 4) is 0 Å². The third-order valence-electron chi connectivity index (χ3n) is 10.5. The molecule has 0 aliphatic heterocycles. The number of hydrogen-bond donors (Lipinski definition) is 4. The van der Waals surface area contributed by atoms with Crippen molar-refractivity contribution in [1.29, 1.82) is 0 Å². The molecule has 5 fully saturated rings. The lowest BCUT2D eigenvalue weighted by molar-refractivity contribution is -0.311. The molecule has 10 atom stereocenters. The van der Waals surface area contributed by atoms with Crippen LogP contribution in [0.1, 0.15) is 72.1 Å². The van der Waals surface area contributed by atoms with Crippen molar-refractivity contribution in [1.82, 2.24) is 0 Å². The molecule has 4 heteroatoms. The Balaban J connectivity index is 1.62. The maximum Gasteiger partial charge on any atom is 0.0996 e. The Kier molecular flexibility index (Phi) is 3.02. The highest BCUT2D eigenvalue weighted by atomic mass is 16.4. The largest absolute Gasteiger partial charge is 0.393 e. The van der Waals surface area contributed by atoms with Gasteiger partial charge in [-0.25, -0.2) is 0 Å². The summed E-state index contributed by atoms with van der Waals surface area (Å²) >= 11 is 0. The van der Waals surface area contributed by atoms with E-state index < -0.39 is 28.8 Å². The van der Waals surface area contributed by atoms with Crippen LogP contribution in [-0.2, 0) is 0 Å². The van der Waals surface area contributed by atoms with Crippen LogP contribution in [0.25, 0.3) is 0 Å². The molecular weight excluding hydrogens is 316 g/mol. The Morgan fingerprint density at radius 2 is 1.60 bits per heavy atom. The molecule has 0 saturated heterocycles. The van der Waals surface area contributed by atoms with Gasteiger partial charge in [0, 0.05) is 17.3 Å². The molecule has 5 rings (SSSR count). The first-order valence-corrected chi connectivity index (χ1v) is 10.4. The molecule has 25 heavy (non-hydrogen) atoms. The van der Waals surface area contributed by atoms with Crippen molar-refractivity contribution in [3.05, 3.63) is 0 Å². The third-order valence-corrected chi connectivity index (χ3v) is 10.5. The Morgan fingerprint density at radius 3 is 2.24 bits per heavy atom. The van der Waals surface area contributed by atoms with Crippen molar-refractivity contribution in [3.63, 3.8) is 0 Å². The van der Waals surface area contributed by atoms with Crippen LogP contribution < -0.4 is 0 Å². The van der Waals surface area contributed by atoms with E-state index in [0.717, 1.165) is 38.5 Å². The minimum Gasteiger partial charge on any atom is -0.393 e. The van der Waals surface area contributed by atoms with Gasteiger partial charge in [0.05, 0.1) is 23.4 Å². The van der Waals surface area contributed by atoms with Crippen LogP contribution in [-0.4, -0.2) is 43.8 Å². The molecule has 1 spiro atoms. The molecule has 0 aromatic heterocycles. The molecule has 142 valence electrons. The van der Waals surface area contributed by atoms with Gasteiger partial charge < -0.3 is 20.4 Å². The van der Waals surface area contributed by atoms with Crippen molar-refractivity contribution >= 4 is 0 Å². The Bertz CT molecular complexity index is 621. The lowest BCUT2D eigenvalue weighted by atomic mass is 9.42. The van der Waals surface area contributed by atoms with E-state index >= 15 is 0 Å². The van der Waals surface area contributed by atoms with E-state index in [9.17, 15) is 20.4 Å². The molecule has 5 aliphatic rings. The average molecular weight is 350 g/mol. The van der Waals surface area contributed by atoms with Crippen LogP contribution in [0.2, 0.25) is 0 Å². The van der Waals surface area contributed by atoms with E-state index in [-0.39, 0.29) is 22.7 Å². The summed E-state index contributed by atoms with van der Waals surface area (Å²) in [6.07, 6.45) is 5.68. The molecule has 0 aromatic rings. The van der Waals surface area contributed by atoms with Gasteiger partial charge in [-0.2, -0.15) is 0 Å². The van der Waals surface area contributed by atoms with Gasteiger partial charge >= 0.3 is 0 Å². The van der Waals surface area contributed by atoms with Crippen LogP contribution in [0, 0.1) is 34.0 Å². The van der Waals surface area contributed by atoms with Crippen molar-refractivity contribution in [2.45, 2.75) is 95.5 Å².